The first-order chi connectivity index (χ1) is 11.6. The molecule has 2 atom stereocenters. The first-order valence-electron chi connectivity index (χ1n) is 8.50. The molecule has 3 rings (SSSR count). The molecule has 1 fully saturated rings. The van der Waals surface area contributed by atoms with Crippen molar-refractivity contribution in [1.29, 1.82) is 0 Å². The van der Waals surface area contributed by atoms with Crippen molar-refractivity contribution in [2.45, 2.75) is 58.2 Å². The van der Waals surface area contributed by atoms with Crippen molar-refractivity contribution >= 4 is 5.91 Å². The Hall–Kier alpha value is -2.15. The summed E-state index contributed by atoms with van der Waals surface area (Å²) in [4.78, 5) is 12.5. The molecule has 2 aromatic heterocycles. The monoisotopic (exact) mass is 332 g/mol. The van der Waals surface area contributed by atoms with Crippen LogP contribution in [0.25, 0.3) is 0 Å². The van der Waals surface area contributed by atoms with Gasteiger partial charge in [-0.25, -0.2) is 0 Å². The van der Waals surface area contributed by atoms with E-state index in [0.717, 1.165) is 24.9 Å². The Morgan fingerprint density at radius 2 is 2.33 bits per heavy atom. The van der Waals surface area contributed by atoms with Crippen LogP contribution in [-0.4, -0.2) is 33.5 Å². The Labute approximate surface area is 141 Å². The lowest BCUT2D eigenvalue weighted by molar-refractivity contribution is -0.00959. The number of nitrogens with one attached hydrogen (secondary N) is 1. The Morgan fingerprint density at radius 1 is 1.50 bits per heavy atom. The molecule has 0 bridgehead atoms. The van der Waals surface area contributed by atoms with Gasteiger partial charge in [-0.15, -0.1) is 0 Å². The molecule has 0 saturated carbocycles. The average Bonchev–Trinajstić information content (AvgIpc) is 3.25. The highest BCUT2D eigenvalue weighted by Crippen LogP contribution is 2.28. The number of aromatic nitrogens is 3. The average molecular weight is 332 g/mol. The lowest BCUT2D eigenvalue weighted by Crippen LogP contribution is -2.42. The van der Waals surface area contributed by atoms with Crippen molar-refractivity contribution in [3.05, 3.63) is 35.5 Å². The minimum Gasteiger partial charge on any atom is -0.371 e. The summed E-state index contributed by atoms with van der Waals surface area (Å²) >= 11 is 0. The van der Waals surface area contributed by atoms with Crippen LogP contribution in [0.5, 0.6) is 0 Å². The zero-order valence-electron chi connectivity index (χ0n) is 14.4. The van der Waals surface area contributed by atoms with Gasteiger partial charge < -0.3 is 14.6 Å². The van der Waals surface area contributed by atoms with Gasteiger partial charge in [0.25, 0.3) is 5.91 Å². The highest BCUT2D eigenvalue weighted by atomic mass is 16.5. The van der Waals surface area contributed by atoms with Crippen LogP contribution < -0.4 is 5.32 Å². The summed E-state index contributed by atoms with van der Waals surface area (Å²) in [6.45, 7) is 7.53. The smallest absolute Gasteiger partial charge is 0.273 e. The molecule has 0 unspecified atom stereocenters. The predicted molar refractivity (Wildman–Crippen MR) is 87.7 cm³/mol. The summed E-state index contributed by atoms with van der Waals surface area (Å²) in [7, 11) is 0. The molecule has 7 heteroatoms. The molecule has 130 valence electrons. The van der Waals surface area contributed by atoms with E-state index in [0.29, 0.717) is 18.1 Å². The highest BCUT2D eigenvalue weighted by molar-refractivity contribution is 5.92. The number of rotatable bonds is 5. The van der Waals surface area contributed by atoms with Crippen LogP contribution in [0, 0.1) is 0 Å². The molecule has 1 aliphatic rings. The molecule has 1 saturated heterocycles. The molecule has 1 amide bonds. The van der Waals surface area contributed by atoms with Crippen LogP contribution in [0.1, 0.15) is 67.4 Å². The molecule has 0 aromatic carbocycles. The van der Waals surface area contributed by atoms with Crippen molar-refractivity contribution in [3.63, 3.8) is 0 Å². The van der Waals surface area contributed by atoms with Gasteiger partial charge in [-0.05, 0) is 19.8 Å². The van der Waals surface area contributed by atoms with Gasteiger partial charge in [-0.1, -0.05) is 19.0 Å². The minimum atomic E-state index is -0.228. The SMILES string of the molecule is CCn1cc([C@H]2OCCC[C@@H]2NC(=O)c2cc(C(C)C)on2)cn1. The van der Waals surface area contributed by atoms with Crippen molar-refractivity contribution in [2.24, 2.45) is 0 Å². The molecule has 2 aromatic rings. The van der Waals surface area contributed by atoms with E-state index >= 15 is 0 Å². The van der Waals surface area contributed by atoms with Crippen molar-refractivity contribution in [3.8, 4) is 0 Å². The van der Waals surface area contributed by atoms with E-state index in [1.807, 2.05) is 37.8 Å². The zero-order chi connectivity index (χ0) is 17.1. The molecule has 3 heterocycles. The predicted octanol–water partition coefficient (Wildman–Crippen LogP) is 2.66. The van der Waals surface area contributed by atoms with E-state index in [-0.39, 0.29) is 24.0 Å². The van der Waals surface area contributed by atoms with E-state index in [2.05, 4.69) is 15.6 Å². The molecule has 0 spiro atoms. The van der Waals surface area contributed by atoms with E-state index in [1.165, 1.54) is 0 Å². The summed E-state index contributed by atoms with van der Waals surface area (Å²) in [5.74, 6) is 0.680. The maximum Gasteiger partial charge on any atom is 0.273 e. The van der Waals surface area contributed by atoms with Crippen molar-refractivity contribution in [2.75, 3.05) is 6.61 Å². The van der Waals surface area contributed by atoms with Crippen LogP contribution >= 0.6 is 0 Å². The number of aryl methyl sites for hydroxylation is 1. The van der Waals surface area contributed by atoms with Gasteiger partial charge in [0.2, 0.25) is 0 Å². The normalized spacial score (nSPS) is 21.2. The van der Waals surface area contributed by atoms with Gasteiger partial charge >= 0.3 is 0 Å². The standard InChI is InChI=1S/C17H24N4O3/c1-4-21-10-12(9-18-21)16-13(6-5-7-23-16)19-17(22)14-8-15(11(2)3)24-20-14/h8-11,13,16H,4-7H2,1-3H3,(H,19,22)/t13-,16+/m0/s1. The van der Waals surface area contributed by atoms with Gasteiger partial charge in [0.1, 0.15) is 11.9 Å². The second kappa shape index (κ2) is 7.17. The summed E-state index contributed by atoms with van der Waals surface area (Å²) < 4.78 is 13.0. The first kappa shape index (κ1) is 16.7. The fraction of sp³-hybridized carbons (Fsp3) is 0.588. The van der Waals surface area contributed by atoms with Gasteiger partial charge in [0.15, 0.2) is 5.69 Å². The van der Waals surface area contributed by atoms with Crippen LogP contribution in [0.2, 0.25) is 0 Å². The van der Waals surface area contributed by atoms with Crippen LogP contribution in [0.15, 0.2) is 23.0 Å². The Bertz CT molecular complexity index is 692. The third-order valence-corrected chi connectivity index (χ3v) is 4.27. The number of nitrogens with zero attached hydrogens (tertiary/aromatic N) is 3. The van der Waals surface area contributed by atoms with E-state index in [1.54, 1.807) is 6.07 Å². The number of carbonyl (C=O) groups is 1. The molecule has 7 nitrogen and oxygen atoms in total. The molecular weight excluding hydrogens is 308 g/mol. The van der Waals surface area contributed by atoms with E-state index < -0.39 is 0 Å². The van der Waals surface area contributed by atoms with Gasteiger partial charge in [0, 0.05) is 36.9 Å². The molecule has 0 aliphatic carbocycles. The topological polar surface area (TPSA) is 82.2 Å². The number of hydrogen-bond donors (Lipinski definition) is 1. The number of ether oxygens (including phenoxy) is 1. The maximum absolute atomic E-state index is 12.5. The van der Waals surface area contributed by atoms with Gasteiger partial charge in [-0.2, -0.15) is 5.10 Å². The largest absolute Gasteiger partial charge is 0.371 e. The highest BCUT2D eigenvalue weighted by Gasteiger charge is 2.30. The lowest BCUT2D eigenvalue weighted by atomic mass is 9.98. The summed E-state index contributed by atoms with van der Waals surface area (Å²) in [6.07, 6.45) is 5.38. The molecule has 1 N–H and O–H groups in total. The Kier molecular flexibility index (Phi) is 4.99. The first-order valence-corrected chi connectivity index (χ1v) is 8.50. The second-order valence-electron chi connectivity index (χ2n) is 6.41. The van der Waals surface area contributed by atoms with Crippen LogP contribution in [0.4, 0.5) is 0 Å². The third-order valence-electron chi connectivity index (χ3n) is 4.27. The lowest BCUT2D eigenvalue weighted by Gasteiger charge is -2.31. The summed E-state index contributed by atoms with van der Waals surface area (Å²) in [5.41, 5.74) is 1.30. The second-order valence-corrected chi connectivity index (χ2v) is 6.41. The van der Waals surface area contributed by atoms with Gasteiger partial charge in [0.05, 0.1) is 12.2 Å². The minimum absolute atomic E-state index is 0.0973. The number of hydrogen-bond acceptors (Lipinski definition) is 5. The molecule has 0 radical (unpaired) electrons. The van der Waals surface area contributed by atoms with Crippen LogP contribution in [0.3, 0.4) is 0 Å². The Balaban J connectivity index is 1.72. The zero-order valence-corrected chi connectivity index (χ0v) is 14.4. The third kappa shape index (κ3) is 3.51. The number of carbonyl (C=O) groups excluding carboxylic acids is 1. The summed E-state index contributed by atoms with van der Waals surface area (Å²) in [5, 5.41) is 11.2. The molecular formula is C17H24N4O3. The maximum atomic E-state index is 12.5. The van der Waals surface area contributed by atoms with Crippen LogP contribution in [-0.2, 0) is 11.3 Å². The fourth-order valence-electron chi connectivity index (χ4n) is 2.87. The van der Waals surface area contributed by atoms with Crippen molar-refractivity contribution in [1.82, 2.24) is 20.3 Å². The molecule has 24 heavy (non-hydrogen) atoms. The quantitative estimate of drug-likeness (QED) is 0.910. The Morgan fingerprint density at radius 3 is 3.00 bits per heavy atom. The van der Waals surface area contributed by atoms with Crippen molar-refractivity contribution < 1.29 is 14.1 Å². The fourth-order valence-corrected chi connectivity index (χ4v) is 2.87. The number of amides is 1. The van der Waals surface area contributed by atoms with E-state index in [9.17, 15) is 4.79 Å². The van der Waals surface area contributed by atoms with E-state index in [4.69, 9.17) is 9.26 Å². The summed E-state index contributed by atoms with van der Waals surface area (Å²) in [6, 6.07) is 1.60. The molecule has 1 aliphatic heterocycles. The van der Waals surface area contributed by atoms with Gasteiger partial charge in [-0.3, -0.25) is 9.48 Å².